The highest BCUT2D eigenvalue weighted by molar-refractivity contribution is 5.96. The molecule has 0 bridgehead atoms. The Hall–Kier alpha value is -5.56. The predicted molar refractivity (Wildman–Crippen MR) is 168 cm³/mol. The van der Waals surface area contributed by atoms with Gasteiger partial charge in [0, 0.05) is 12.0 Å². The van der Waals surface area contributed by atoms with Crippen molar-refractivity contribution in [1.82, 2.24) is 5.32 Å². The van der Waals surface area contributed by atoms with Crippen molar-refractivity contribution in [3.63, 3.8) is 0 Å². The zero-order chi connectivity index (χ0) is 30.6. The first-order valence-electron chi connectivity index (χ1n) is 14.3. The third-order valence-corrected chi connectivity index (χ3v) is 6.91. The maximum atomic E-state index is 12.8. The molecular weight excluding hydrogens is 554 g/mol. The molecule has 5 aromatic carbocycles. The summed E-state index contributed by atoms with van der Waals surface area (Å²) in [4.78, 5) is 24.8. The molecule has 44 heavy (non-hydrogen) atoms. The van der Waals surface area contributed by atoms with Crippen LogP contribution in [0.1, 0.15) is 32.6 Å². The Morgan fingerprint density at radius 3 is 1.34 bits per heavy atom. The van der Waals surface area contributed by atoms with Crippen LogP contribution in [0, 0.1) is 0 Å². The zero-order valence-corrected chi connectivity index (χ0v) is 24.1. The number of rotatable bonds is 14. The Kier molecular flexibility index (Phi) is 10.2. The zero-order valence-electron chi connectivity index (χ0n) is 24.1. The smallest absolute Gasteiger partial charge is 0.326 e. The third-order valence-electron chi connectivity index (χ3n) is 6.91. The highest BCUT2D eigenvalue weighted by Crippen LogP contribution is 2.19. The van der Waals surface area contributed by atoms with E-state index in [0.29, 0.717) is 36.9 Å². The number of carbonyl (C=O) groups excluding carboxylic acids is 1. The molecule has 0 aromatic heterocycles. The molecule has 5 aromatic rings. The lowest BCUT2D eigenvalue weighted by molar-refractivity contribution is -0.139. The normalized spacial score (nSPS) is 11.3. The molecule has 0 radical (unpaired) electrons. The number of hydrogen-bond acceptors (Lipinski definition) is 5. The number of carboxylic acid groups (broad SMARTS) is 1. The first-order valence-corrected chi connectivity index (χ1v) is 14.3. The van der Waals surface area contributed by atoms with Gasteiger partial charge in [0.15, 0.2) is 0 Å². The summed E-state index contributed by atoms with van der Waals surface area (Å²) in [5.74, 6) is 0.463. The van der Waals surface area contributed by atoms with E-state index in [4.69, 9.17) is 14.2 Å². The van der Waals surface area contributed by atoms with Gasteiger partial charge in [-0.15, -0.1) is 0 Å². The molecule has 0 aliphatic rings. The second-order valence-electron chi connectivity index (χ2n) is 10.2. The summed E-state index contributed by atoms with van der Waals surface area (Å²) in [6.07, 6.45) is 0.136. The van der Waals surface area contributed by atoms with Crippen LogP contribution < -0.4 is 19.5 Å². The Labute approximate surface area is 256 Å². The molecule has 0 saturated heterocycles. The quantitative estimate of drug-likeness (QED) is 0.148. The molecular formula is C37H33NO6. The maximum absolute atomic E-state index is 12.8. The van der Waals surface area contributed by atoms with Crippen LogP contribution in [0.4, 0.5) is 0 Å². The highest BCUT2D eigenvalue weighted by Gasteiger charge is 2.21. The molecule has 0 heterocycles. The number of ether oxygens (including phenoxy) is 3. The SMILES string of the molecule is O=C(N[C@@H](Cc1ccc(OCc2ccccc2)cc1)C(=O)O)c1ccc(OCc2ccc(OCc3ccccc3)cc2)cc1. The largest absolute Gasteiger partial charge is 0.489 e. The topological polar surface area (TPSA) is 94.1 Å². The fraction of sp³-hybridized carbons (Fsp3) is 0.135. The molecule has 0 fully saturated rings. The van der Waals surface area contributed by atoms with Crippen LogP contribution in [-0.2, 0) is 31.0 Å². The van der Waals surface area contributed by atoms with Crippen LogP contribution in [0.3, 0.4) is 0 Å². The van der Waals surface area contributed by atoms with Crippen molar-refractivity contribution in [3.8, 4) is 17.2 Å². The average Bonchev–Trinajstić information content (AvgIpc) is 3.07. The van der Waals surface area contributed by atoms with Crippen molar-refractivity contribution in [2.75, 3.05) is 0 Å². The van der Waals surface area contributed by atoms with E-state index >= 15 is 0 Å². The third kappa shape index (κ3) is 8.97. The van der Waals surface area contributed by atoms with Crippen molar-refractivity contribution in [2.24, 2.45) is 0 Å². The van der Waals surface area contributed by atoms with Gasteiger partial charge in [0.05, 0.1) is 0 Å². The molecule has 0 aliphatic carbocycles. The highest BCUT2D eigenvalue weighted by atomic mass is 16.5. The van der Waals surface area contributed by atoms with Gasteiger partial charge < -0.3 is 24.6 Å². The van der Waals surface area contributed by atoms with Gasteiger partial charge in [0.1, 0.15) is 43.1 Å². The summed E-state index contributed by atoms with van der Waals surface area (Å²) < 4.78 is 17.5. The van der Waals surface area contributed by atoms with Crippen LogP contribution in [-0.4, -0.2) is 23.0 Å². The molecule has 7 heteroatoms. The molecule has 7 nitrogen and oxygen atoms in total. The van der Waals surface area contributed by atoms with E-state index in [1.807, 2.05) is 84.9 Å². The van der Waals surface area contributed by atoms with Crippen molar-refractivity contribution in [2.45, 2.75) is 32.3 Å². The predicted octanol–water partition coefficient (Wildman–Crippen LogP) is 6.85. The van der Waals surface area contributed by atoms with E-state index in [9.17, 15) is 14.7 Å². The van der Waals surface area contributed by atoms with Crippen molar-refractivity contribution in [1.29, 1.82) is 0 Å². The van der Waals surface area contributed by atoms with Crippen LogP contribution in [0.15, 0.2) is 133 Å². The number of hydrogen-bond donors (Lipinski definition) is 2. The number of carbonyl (C=O) groups is 2. The minimum atomic E-state index is -1.11. The van der Waals surface area contributed by atoms with Crippen molar-refractivity contribution < 1.29 is 28.9 Å². The average molecular weight is 588 g/mol. The van der Waals surface area contributed by atoms with E-state index in [2.05, 4.69) is 5.32 Å². The first-order chi connectivity index (χ1) is 21.5. The van der Waals surface area contributed by atoms with Crippen LogP contribution in [0.5, 0.6) is 17.2 Å². The summed E-state index contributed by atoms with van der Waals surface area (Å²) in [5.41, 5.74) is 4.24. The Morgan fingerprint density at radius 2 is 0.909 bits per heavy atom. The number of amides is 1. The van der Waals surface area contributed by atoms with Gasteiger partial charge in [-0.3, -0.25) is 4.79 Å². The summed E-state index contributed by atoms with van der Waals surface area (Å²) in [6.45, 7) is 1.29. The second-order valence-corrected chi connectivity index (χ2v) is 10.2. The Morgan fingerprint density at radius 1 is 0.523 bits per heavy atom. The van der Waals surface area contributed by atoms with Crippen molar-refractivity contribution in [3.05, 3.63) is 161 Å². The molecule has 0 unspecified atom stereocenters. The maximum Gasteiger partial charge on any atom is 0.326 e. The summed E-state index contributed by atoms with van der Waals surface area (Å²) in [7, 11) is 0. The molecule has 0 aliphatic heterocycles. The number of carboxylic acids is 1. The van der Waals surface area contributed by atoms with Gasteiger partial charge >= 0.3 is 5.97 Å². The lowest BCUT2D eigenvalue weighted by atomic mass is 10.1. The summed E-state index contributed by atoms with van der Waals surface area (Å²) >= 11 is 0. The molecule has 222 valence electrons. The monoisotopic (exact) mass is 587 g/mol. The van der Waals surface area contributed by atoms with Gasteiger partial charge in [-0.05, 0) is 70.8 Å². The second kappa shape index (κ2) is 15.1. The van der Waals surface area contributed by atoms with E-state index in [1.165, 1.54) is 0 Å². The van der Waals surface area contributed by atoms with Crippen LogP contribution in [0.2, 0.25) is 0 Å². The molecule has 1 atom stereocenters. The lowest BCUT2D eigenvalue weighted by Gasteiger charge is -2.15. The minimum absolute atomic E-state index is 0.136. The van der Waals surface area contributed by atoms with Gasteiger partial charge in [-0.1, -0.05) is 84.9 Å². The molecule has 2 N–H and O–H groups in total. The van der Waals surface area contributed by atoms with Gasteiger partial charge in [-0.25, -0.2) is 4.79 Å². The van der Waals surface area contributed by atoms with Crippen LogP contribution in [0.25, 0.3) is 0 Å². The Bertz CT molecular complexity index is 1620. The van der Waals surface area contributed by atoms with Gasteiger partial charge in [0.25, 0.3) is 5.91 Å². The fourth-order valence-corrected chi connectivity index (χ4v) is 4.43. The van der Waals surface area contributed by atoms with Crippen molar-refractivity contribution >= 4 is 11.9 Å². The Balaban J connectivity index is 1.08. The first kappa shape index (κ1) is 29.9. The summed E-state index contributed by atoms with van der Waals surface area (Å²) in [6, 6.07) is 40.2. The van der Waals surface area contributed by atoms with Gasteiger partial charge in [0.2, 0.25) is 0 Å². The number of benzene rings is 5. The molecule has 1 amide bonds. The molecule has 0 saturated carbocycles. The van der Waals surface area contributed by atoms with E-state index in [1.54, 1.807) is 48.5 Å². The van der Waals surface area contributed by atoms with Gasteiger partial charge in [-0.2, -0.15) is 0 Å². The van der Waals surface area contributed by atoms with E-state index < -0.39 is 17.9 Å². The standard InChI is InChI=1S/C37H33NO6/c39-36(38-35(37(40)41)23-27-11-17-32(18-12-27)42-24-28-7-3-1-4-8-28)31-15-21-34(22-16-31)44-26-30-13-19-33(20-14-30)43-25-29-9-5-2-6-10-29/h1-22,35H,23-26H2,(H,38,39)(H,40,41)/t35-/m0/s1. The number of aliphatic carboxylic acids is 1. The fourth-order valence-electron chi connectivity index (χ4n) is 4.43. The molecule has 5 rings (SSSR count). The minimum Gasteiger partial charge on any atom is -0.489 e. The molecule has 0 spiro atoms. The van der Waals surface area contributed by atoms with E-state index in [0.717, 1.165) is 28.0 Å². The lowest BCUT2D eigenvalue weighted by Crippen LogP contribution is -2.42. The number of nitrogens with one attached hydrogen (secondary N) is 1. The van der Waals surface area contributed by atoms with E-state index in [-0.39, 0.29) is 6.42 Å². The summed E-state index contributed by atoms with van der Waals surface area (Å²) in [5, 5.41) is 12.4. The van der Waals surface area contributed by atoms with Crippen LogP contribution >= 0.6 is 0 Å².